The summed E-state index contributed by atoms with van der Waals surface area (Å²) in [6.45, 7) is 4.92. The molecule has 0 radical (unpaired) electrons. The van der Waals surface area contributed by atoms with Crippen molar-refractivity contribution >= 4 is 23.9 Å². The van der Waals surface area contributed by atoms with Crippen LogP contribution in [-0.4, -0.2) is 39.7 Å². The molecule has 0 saturated carbocycles. The van der Waals surface area contributed by atoms with Crippen LogP contribution in [0.3, 0.4) is 0 Å². The first kappa shape index (κ1) is 19.1. The van der Waals surface area contributed by atoms with Gasteiger partial charge in [0.15, 0.2) is 0 Å². The van der Waals surface area contributed by atoms with Crippen molar-refractivity contribution in [3.63, 3.8) is 0 Å². The maximum atomic E-state index is 12.4. The predicted molar refractivity (Wildman–Crippen MR) is 91.9 cm³/mol. The molecule has 3 amide bonds. The lowest BCUT2D eigenvalue weighted by atomic mass is 10.1. The van der Waals surface area contributed by atoms with Crippen molar-refractivity contribution in [1.29, 1.82) is 0 Å². The summed E-state index contributed by atoms with van der Waals surface area (Å²) >= 11 is 0. The number of fused-ring (bicyclic) bond motifs is 1. The summed E-state index contributed by atoms with van der Waals surface area (Å²) < 4.78 is 9.83. The lowest BCUT2D eigenvalue weighted by Gasteiger charge is -2.19. The van der Waals surface area contributed by atoms with Crippen LogP contribution in [0.15, 0.2) is 35.1 Å². The Morgan fingerprint density at radius 3 is 2.32 bits per heavy atom. The number of alkyl carbamates (subject to hydrolysis) is 1. The molecule has 10 nitrogen and oxygen atoms in total. The number of hydrogen-bond acceptors (Lipinski definition) is 8. The second-order valence-electron chi connectivity index (χ2n) is 6.86. The first-order chi connectivity index (χ1) is 13.2. The number of hydrogen-bond donors (Lipinski definition) is 1. The topological polar surface area (TPSA) is 128 Å². The van der Waals surface area contributed by atoms with Gasteiger partial charge in [0, 0.05) is 0 Å². The number of benzene rings is 1. The van der Waals surface area contributed by atoms with Crippen molar-refractivity contribution in [3.8, 4) is 0 Å². The summed E-state index contributed by atoms with van der Waals surface area (Å²) in [5.74, 6) is -2.53. The molecule has 1 aromatic carbocycles. The van der Waals surface area contributed by atoms with Gasteiger partial charge in [-0.3, -0.25) is 9.59 Å². The molecule has 1 N–H and O–H groups in total. The Morgan fingerprint density at radius 1 is 1.14 bits per heavy atom. The monoisotopic (exact) mass is 387 g/mol. The summed E-state index contributed by atoms with van der Waals surface area (Å²) in [6.07, 6.45) is 0.280. The largest absolute Gasteiger partial charge is 0.444 e. The summed E-state index contributed by atoms with van der Waals surface area (Å²) in [5, 5.41) is 6.43. The Kier molecular flexibility index (Phi) is 4.87. The minimum Gasteiger partial charge on any atom is -0.444 e. The van der Waals surface area contributed by atoms with Crippen LogP contribution in [0.5, 0.6) is 0 Å². The zero-order valence-electron chi connectivity index (χ0n) is 15.3. The normalized spacial score (nSPS) is 13.3. The maximum Gasteiger partial charge on any atom is 0.407 e. The third-order valence-electron chi connectivity index (χ3n) is 3.59. The van der Waals surface area contributed by atoms with Gasteiger partial charge in [-0.1, -0.05) is 22.4 Å². The van der Waals surface area contributed by atoms with E-state index in [9.17, 15) is 19.2 Å². The van der Waals surface area contributed by atoms with E-state index in [4.69, 9.17) is 14.1 Å². The SMILES string of the molecule is CC(C)(C)OC(=O)NCc1nocc1C(=O)ON1C(=O)c2ccccc2C1=O. The van der Waals surface area contributed by atoms with E-state index < -0.39 is 29.5 Å². The molecule has 146 valence electrons. The van der Waals surface area contributed by atoms with Crippen LogP contribution in [0.2, 0.25) is 0 Å². The molecule has 0 saturated heterocycles. The molecule has 3 rings (SSSR count). The van der Waals surface area contributed by atoms with Gasteiger partial charge in [0.05, 0.1) is 17.7 Å². The first-order valence-corrected chi connectivity index (χ1v) is 8.27. The number of carbonyl (C=O) groups is 4. The van der Waals surface area contributed by atoms with Crippen LogP contribution < -0.4 is 5.32 Å². The van der Waals surface area contributed by atoms with Crippen molar-refractivity contribution in [2.45, 2.75) is 32.9 Å². The van der Waals surface area contributed by atoms with Crippen LogP contribution in [0, 0.1) is 0 Å². The third kappa shape index (κ3) is 3.85. The predicted octanol–water partition coefficient (Wildman–Crippen LogP) is 2.07. The number of nitrogens with one attached hydrogen (secondary N) is 1. The zero-order valence-corrected chi connectivity index (χ0v) is 15.3. The minimum atomic E-state index is -1.03. The molecule has 28 heavy (non-hydrogen) atoms. The van der Waals surface area contributed by atoms with E-state index in [1.807, 2.05) is 0 Å². The minimum absolute atomic E-state index is 0.0486. The molecule has 10 heteroatoms. The highest BCUT2D eigenvalue weighted by molar-refractivity contribution is 6.21. The van der Waals surface area contributed by atoms with Crippen LogP contribution in [-0.2, 0) is 16.1 Å². The molecular formula is C18H17N3O7. The van der Waals surface area contributed by atoms with E-state index in [-0.39, 0.29) is 28.9 Å². The molecule has 0 bridgehead atoms. The standard InChI is InChI=1S/C18H17N3O7/c1-18(2,3)27-17(25)19-8-13-12(9-26-20-13)16(24)28-21-14(22)10-6-4-5-7-11(10)15(21)23/h4-7,9H,8H2,1-3H3,(H,19,25). The van der Waals surface area contributed by atoms with E-state index in [0.717, 1.165) is 6.26 Å². The van der Waals surface area contributed by atoms with Crippen molar-refractivity contribution in [1.82, 2.24) is 15.5 Å². The van der Waals surface area contributed by atoms with E-state index in [1.165, 1.54) is 12.1 Å². The van der Waals surface area contributed by atoms with Crippen molar-refractivity contribution < 1.29 is 33.3 Å². The summed E-state index contributed by atoms with van der Waals surface area (Å²) in [6, 6.07) is 6.10. The molecular weight excluding hydrogens is 370 g/mol. The van der Waals surface area contributed by atoms with Gasteiger partial charge in [0.2, 0.25) is 0 Å². The summed E-state index contributed by atoms with van der Waals surface area (Å²) in [5.41, 5.74) is -0.517. The second kappa shape index (κ2) is 7.14. The van der Waals surface area contributed by atoms with Gasteiger partial charge in [-0.05, 0) is 32.9 Å². The Balaban J connectivity index is 1.67. The highest BCUT2D eigenvalue weighted by Gasteiger charge is 2.39. The fourth-order valence-corrected chi connectivity index (χ4v) is 2.41. The van der Waals surface area contributed by atoms with Crippen molar-refractivity contribution in [2.24, 2.45) is 0 Å². The van der Waals surface area contributed by atoms with Gasteiger partial charge in [-0.2, -0.15) is 0 Å². The van der Waals surface area contributed by atoms with Gasteiger partial charge >= 0.3 is 12.1 Å². The van der Waals surface area contributed by atoms with Crippen molar-refractivity contribution in [3.05, 3.63) is 52.9 Å². The molecule has 2 heterocycles. The van der Waals surface area contributed by atoms with E-state index in [1.54, 1.807) is 32.9 Å². The average molecular weight is 387 g/mol. The summed E-state index contributed by atoms with van der Waals surface area (Å²) in [4.78, 5) is 53.6. The van der Waals surface area contributed by atoms with Gasteiger partial charge < -0.3 is 19.4 Å². The highest BCUT2D eigenvalue weighted by atomic mass is 16.7. The molecule has 0 unspecified atom stereocenters. The number of imide groups is 1. The van der Waals surface area contributed by atoms with Crippen LogP contribution in [0.25, 0.3) is 0 Å². The average Bonchev–Trinajstić information content (AvgIpc) is 3.18. The molecule has 1 aromatic heterocycles. The molecule has 0 atom stereocenters. The Hall–Kier alpha value is -3.69. The molecule has 0 fully saturated rings. The maximum absolute atomic E-state index is 12.4. The Bertz CT molecular complexity index is 923. The quantitative estimate of drug-likeness (QED) is 0.790. The lowest BCUT2D eigenvalue weighted by molar-refractivity contribution is -0.0585. The number of amides is 3. The van der Waals surface area contributed by atoms with Gasteiger partial charge in [-0.25, -0.2) is 9.59 Å². The third-order valence-corrected chi connectivity index (χ3v) is 3.59. The highest BCUT2D eigenvalue weighted by Crippen LogP contribution is 2.23. The molecule has 1 aliphatic rings. The van der Waals surface area contributed by atoms with E-state index >= 15 is 0 Å². The molecule has 0 aliphatic carbocycles. The number of carbonyl (C=O) groups excluding carboxylic acids is 4. The number of rotatable bonds is 4. The molecule has 0 spiro atoms. The van der Waals surface area contributed by atoms with Crippen LogP contribution >= 0.6 is 0 Å². The zero-order chi connectivity index (χ0) is 20.5. The smallest absolute Gasteiger partial charge is 0.407 e. The van der Waals surface area contributed by atoms with Gasteiger partial charge in [0.1, 0.15) is 23.1 Å². The number of ether oxygens (including phenoxy) is 1. The lowest BCUT2D eigenvalue weighted by Crippen LogP contribution is -2.34. The Morgan fingerprint density at radius 2 is 1.75 bits per heavy atom. The summed E-state index contributed by atoms with van der Waals surface area (Å²) in [7, 11) is 0. The van der Waals surface area contributed by atoms with Gasteiger partial charge in [-0.15, -0.1) is 0 Å². The number of nitrogens with zero attached hydrogens (tertiary/aromatic N) is 2. The van der Waals surface area contributed by atoms with Crippen LogP contribution in [0.1, 0.15) is 57.5 Å². The van der Waals surface area contributed by atoms with Crippen molar-refractivity contribution in [2.75, 3.05) is 0 Å². The van der Waals surface area contributed by atoms with E-state index in [0.29, 0.717) is 5.06 Å². The molecule has 1 aliphatic heterocycles. The fourth-order valence-electron chi connectivity index (χ4n) is 2.41. The Labute approximate surface area is 159 Å². The number of aromatic nitrogens is 1. The van der Waals surface area contributed by atoms with E-state index in [2.05, 4.69) is 10.5 Å². The first-order valence-electron chi connectivity index (χ1n) is 8.27. The van der Waals surface area contributed by atoms with Crippen LogP contribution in [0.4, 0.5) is 4.79 Å². The second-order valence-corrected chi connectivity index (χ2v) is 6.86. The number of hydroxylamine groups is 2. The fraction of sp³-hybridized carbons (Fsp3) is 0.278. The van der Waals surface area contributed by atoms with Gasteiger partial charge in [0.25, 0.3) is 11.8 Å². The molecule has 2 aromatic rings.